The van der Waals surface area contributed by atoms with Crippen molar-refractivity contribution in [3.05, 3.63) is 0 Å². The number of guanidine groups is 1. The van der Waals surface area contributed by atoms with Crippen molar-refractivity contribution >= 4 is 16.8 Å². The van der Waals surface area contributed by atoms with Crippen molar-refractivity contribution in [2.45, 2.75) is 101 Å². The van der Waals surface area contributed by atoms with Crippen LogP contribution in [0.1, 0.15) is 84.0 Å². The number of unbranched alkanes of at least 4 members (excludes halogenated alkanes) is 2. The van der Waals surface area contributed by atoms with Gasteiger partial charge in [0.05, 0.1) is 6.10 Å². The van der Waals surface area contributed by atoms with Crippen molar-refractivity contribution < 1.29 is 8.95 Å². The lowest BCUT2D eigenvalue weighted by Crippen LogP contribution is -2.46. The third-order valence-corrected chi connectivity index (χ3v) is 7.61. The molecule has 0 saturated heterocycles. The lowest BCUT2D eigenvalue weighted by Gasteiger charge is -2.30. The molecule has 2 aliphatic rings. The highest BCUT2D eigenvalue weighted by atomic mass is 32.2. The van der Waals surface area contributed by atoms with Crippen LogP contribution < -0.4 is 10.6 Å². The molecule has 27 heavy (non-hydrogen) atoms. The summed E-state index contributed by atoms with van der Waals surface area (Å²) in [7, 11) is 1.16. The molecule has 0 radical (unpaired) electrons. The highest BCUT2D eigenvalue weighted by Crippen LogP contribution is 2.23. The van der Waals surface area contributed by atoms with Crippen molar-refractivity contribution in [1.82, 2.24) is 10.6 Å². The predicted molar refractivity (Wildman–Crippen MR) is 116 cm³/mol. The van der Waals surface area contributed by atoms with Crippen LogP contribution in [-0.2, 0) is 15.5 Å². The Labute approximate surface area is 169 Å². The summed E-state index contributed by atoms with van der Waals surface area (Å²) in [4.78, 5) is 4.36. The van der Waals surface area contributed by atoms with Crippen molar-refractivity contribution in [2.75, 3.05) is 26.0 Å². The van der Waals surface area contributed by atoms with E-state index in [0.717, 1.165) is 63.4 Å². The molecule has 0 aliphatic heterocycles. The highest BCUT2D eigenvalue weighted by molar-refractivity contribution is 7.85. The predicted octanol–water partition coefficient (Wildman–Crippen LogP) is 3.75. The Kier molecular flexibility index (Phi) is 11.4. The maximum atomic E-state index is 12.1. The van der Waals surface area contributed by atoms with E-state index >= 15 is 0 Å². The first-order chi connectivity index (χ1) is 13.2. The molecule has 0 aromatic carbocycles. The maximum absolute atomic E-state index is 12.1. The normalized spacial score (nSPS) is 25.9. The molecule has 2 aliphatic carbocycles. The first kappa shape index (κ1) is 22.7. The minimum absolute atomic E-state index is 0.350. The summed E-state index contributed by atoms with van der Waals surface area (Å²) in [5, 5.41) is 7.33. The Morgan fingerprint density at radius 2 is 1.89 bits per heavy atom. The largest absolute Gasteiger partial charge is 0.378 e. The number of hydrogen-bond acceptors (Lipinski definition) is 3. The zero-order chi connectivity index (χ0) is 19.3. The van der Waals surface area contributed by atoms with Gasteiger partial charge in [0, 0.05) is 48.0 Å². The van der Waals surface area contributed by atoms with E-state index < -0.39 is 10.8 Å². The topological polar surface area (TPSA) is 62.7 Å². The smallest absolute Gasteiger partial charge is 0.191 e. The van der Waals surface area contributed by atoms with Crippen molar-refractivity contribution in [1.29, 1.82) is 0 Å². The van der Waals surface area contributed by atoms with E-state index in [1.807, 2.05) is 14.0 Å². The first-order valence-corrected chi connectivity index (χ1v) is 12.6. The molecule has 0 amide bonds. The standard InChI is InChI=1S/C21H41N3O2S/c1-3-27(25)20-14-10-11-18(17-20)24-21(22-2)23-15-8-5-9-16-26-19-12-6-4-7-13-19/h18-20H,3-17H2,1-2H3,(H2,22,23,24). The van der Waals surface area contributed by atoms with Crippen LogP contribution >= 0.6 is 0 Å². The van der Waals surface area contributed by atoms with Gasteiger partial charge in [-0.1, -0.05) is 32.6 Å². The molecule has 2 N–H and O–H groups in total. The maximum Gasteiger partial charge on any atom is 0.191 e. The second-order valence-corrected chi connectivity index (χ2v) is 10.00. The molecular weight excluding hydrogens is 358 g/mol. The van der Waals surface area contributed by atoms with E-state index in [2.05, 4.69) is 15.6 Å². The molecule has 0 aromatic rings. The summed E-state index contributed by atoms with van der Waals surface area (Å²) in [5.74, 6) is 1.66. The third-order valence-electron chi connectivity index (χ3n) is 5.87. The van der Waals surface area contributed by atoms with E-state index in [1.165, 1.54) is 38.5 Å². The first-order valence-electron chi connectivity index (χ1n) is 11.2. The number of hydrogen-bond donors (Lipinski definition) is 2. The molecule has 0 heterocycles. The lowest BCUT2D eigenvalue weighted by molar-refractivity contribution is 0.0264. The van der Waals surface area contributed by atoms with Crippen molar-refractivity contribution in [2.24, 2.45) is 4.99 Å². The van der Waals surface area contributed by atoms with E-state index in [9.17, 15) is 4.21 Å². The monoisotopic (exact) mass is 399 g/mol. The van der Waals surface area contributed by atoms with Gasteiger partial charge in [-0.2, -0.15) is 0 Å². The van der Waals surface area contributed by atoms with Crippen LogP contribution in [0, 0.1) is 0 Å². The minimum Gasteiger partial charge on any atom is -0.378 e. The molecule has 2 saturated carbocycles. The Hall–Kier alpha value is -0.620. The van der Waals surface area contributed by atoms with E-state index in [4.69, 9.17) is 4.74 Å². The molecule has 2 rings (SSSR count). The number of rotatable bonds is 10. The van der Waals surface area contributed by atoms with Crippen molar-refractivity contribution in [3.8, 4) is 0 Å². The lowest BCUT2D eigenvalue weighted by atomic mass is 9.95. The van der Waals surface area contributed by atoms with Gasteiger partial charge in [-0.3, -0.25) is 9.20 Å². The quantitative estimate of drug-likeness (QED) is 0.334. The van der Waals surface area contributed by atoms with E-state index in [0.29, 0.717) is 17.4 Å². The van der Waals surface area contributed by atoms with E-state index in [1.54, 1.807) is 0 Å². The SMILES string of the molecule is CCS(=O)C1CCCC(NC(=NC)NCCCCCOC2CCCCC2)C1. The number of aliphatic imine (C=N–C) groups is 1. The van der Waals surface area contributed by atoms with Gasteiger partial charge in [-0.15, -0.1) is 0 Å². The van der Waals surface area contributed by atoms with Crippen LogP contribution in [-0.4, -0.2) is 53.5 Å². The zero-order valence-electron chi connectivity index (χ0n) is 17.5. The number of ether oxygens (including phenoxy) is 1. The molecule has 2 fully saturated rings. The van der Waals surface area contributed by atoms with E-state index in [-0.39, 0.29) is 0 Å². The Bertz CT molecular complexity index is 453. The van der Waals surface area contributed by atoms with Crippen molar-refractivity contribution in [3.63, 3.8) is 0 Å². The van der Waals surface area contributed by atoms with Gasteiger partial charge in [-0.05, 0) is 51.4 Å². The van der Waals surface area contributed by atoms with Crippen LogP contribution in [0.3, 0.4) is 0 Å². The molecule has 0 bridgehead atoms. The van der Waals surface area contributed by atoms with Gasteiger partial charge in [0.2, 0.25) is 0 Å². The Morgan fingerprint density at radius 3 is 2.63 bits per heavy atom. The minimum atomic E-state index is -0.675. The molecule has 0 spiro atoms. The molecule has 3 atom stereocenters. The molecule has 5 nitrogen and oxygen atoms in total. The second kappa shape index (κ2) is 13.5. The summed E-state index contributed by atoms with van der Waals surface area (Å²) < 4.78 is 18.1. The summed E-state index contributed by atoms with van der Waals surface area (Å²) in [6.07, 6.45) is 15.0. The Balaban J connectivity index is 1.53. The van der Waals surface area contributed by atoms with Crippen LogP contribution in [0.25, 0.3) is 0 Å². The summed E-state index contributed by atoms with van der Waals surface area (Å²) >= 11 is 0. The second-order valence-electron chi connectivity index (χ2n) is 7.99. The average molecular weight is 400 g/mol. The average Bonchev–Trinajstić information content (AvgIpc) is 2.72. The van der Waals surface area contributed by atoms with Crippen LogP contribution in [0.5, 0.6) is 0 Å². The number of nitrogens with zero attached hydrogens (tertiary/aromatic N) is 1. The van der Waals surface area contributed by atoms with Gasteiger partial charge in [0.25, 0.3) is 0 Å². The summed E-state index contributed by atoms with van der Waals surface area (Å²) in [5.41, 5.74) is 0. The molecule has 158 valence electrons. The zero-order valence-corrected chi connectivity index (χ0v) is 18.3. The molecular formula is C21H41N3O2S. The van der Waals surface area contributed by atoms with Gasteiger partial charge in [-0.25, -0.2) is 0 Å². The van der Waals surface area contributed by atoms with Gasteiger partial charge < -0.3 is 15.4 Å². The summed E-state index contributed by atoms with van der Waals surface area (Å²) in [6.45, 7) is 3.88. The fraction of sp³-hybridized carbons (Fsp3) is 0.952. The highest BCUT2D eigenvalue weighted by Gasteiger charge is 2.25. The van der Waals surface area contributed by atoms with Gasteiger partial charge in [0.15, 0.2) is 5.96 Å². The summed E-state index contributed by atoms with van der Waals surface area (Å²) in [6, 6.07) is 0.398. The molecule has 6 heteroatoms. The number of nitrogens with one attached hydrogen (secondary N) is 2. The fourth-order valence-corrected chi connectivity index (χ4v) is 5.58. The van der Waals surface area contributed by atoms with Gasteiger partial charge >= 0.3 is 0 Å². The molecule has 0 aromatic heterocycles. The van der Waals surface area contributed by atoms with Crippen LogP contribution in [0.15, 0.2) is 4.99 Å². The third kappa shape index (κ3) is 8.95. The fourth-order valence-electron chi connectivity index (χ4n) is 4.23. The Morgan fingerprint density at radius 1 is 1.07 bits per heavy atom. The van der Waals surface area contributed by atoms with Gasteiger partial charge in [0.1, 0.15) is 0 Å². The van der Waals surface area contributed by atoms with Crippen LogP contribution in [0.4, 0.5) is 0 Å². The van der Waals surface area contributed by atoms with Crippen LogP contribution in [0.2, 0.25) is 0 Å². The molecule has 3 unspecified atom stereocenters.